The zero-order valence-electron chi connectivity index (χ0n) is 20.8. The number of aryl methyl sites for hydroxylation is 1. The Labute approximate surface area is 210 Å². The maximum absolute atomic E-state index is 11.5. The number of rotatable bonds is 11. The first-order valence-corrected chi connectivity index (χ1v) is 13.5. The normalized spacial score (nSPS) is 11.6. The van der Waals surface area contributed by atoms with Crippen molar-refractivity contribution in [3.05, 3.63) is 55.0 Å². The van der Waals surface area contributed by atoms with Gasteiger partial charge in [0.1, 0.15) is 21.3 Å². The van der Waals surface area contributed by atoms with Gasteiger partial charge in [-0.15, -0.1) is 0 Å². The molecule has 4 aromatic rings. The van der Waals surface area contributed by atoms with E-state index < -0.39 is 9.84 Å². The Bertz CT molecular complexity index is 1430. The van der Waals surface area contributed by atoms with E-state index in [-0.39, 0.29) is 12.3 Å². The number of anilines is 2. The highest BCUT2D eigenvalue weighted by Gasteiger charge is 2.14. The van der Waals surface area contributed by atoms with Crippen molar-refractivity contribution in [2.75, 3.05) is 51.3 Å². The van der Waals surface area contributed by atoms with Crippen LogP contribution in [0, 0.1) is 0 Å². The highest BCUT2D eigenvalue weighted by molar-refractivity contribution is 7.90. The summed E-state index contributed by atoms with van der Waals surface area (Å²) in [6, 6.07) is 11.7. The Morgan fingerprint density at radius 2 is 1.75 bits per heavy atom. The minimum absolute atomic E-state index is 0.0262. The van der Waals surface area contributed by atoms with Gasteiger partial charge in [-0.25, -0.2) is 13.4 Å². The molecule has 0 amide bonds. The SMILES string of the molecule is CNCCN(c1cc(OC)cc(OC)c1)c1ccc2ncc(-c3cnn(CCS(C)(=O)=O)c3)nc2c1. The molecule has 2 aromatic heterocycles. The van der Waals surface area contributed by atoms with Gasteiger partial charge in [-0.3, -0.25) is 9.67 Å². The number of ether oxygens (including phenoxy) is 2. The summed E-state index contributed by atoms with van der Waals surface area (Å²) in [4.78, 5) is 11.6. The van der Waals surface area contributed by atoms with Crippen molar-refractivity contribution < 1.29 is 17.9 Å². The number of likely N-dealkylation sites (N-methyl/N-ethyl adjacent to an activating group) is 1. The monoisotopic (exact) mass is 510 g/mol. The molecule has 0 bridgehead atoms. The van der Waals surface area contributed by atoms with Crippen LogP contribution >= 0.6 is 0 Å². The number of nitrogens with zero attached hydrogens (tertiary/aromatic N) is 5. The first-order chi connectivity index (χ1) is 17.3. The quantitative estimate of drug-likeness (QED) is 0.325. The van der Waals surface area contributed by atoms with Crippen molar-refractivity contribution in [3.8, 4) is 22.8 Å². The summed E-state index contributed by atoms with van der Waals surface area (Å²) < 4.78 is 35.5. The molecule has 0 saturated heterocycles. The molecule has 2 aromatic carbocycles. The Kier molecular flexibility index (Phi) is 7.70. The minimum atomic E-state index is -3.07. The molecule has 36 heavy (non-hydrogen) atoms. The predicted octanol–water partition coefficient (Wildman–Crippen LogP) is 2.91. The second-order valence-corrected chi connectivity index (χ2v) is 10.6. The minimum Gasteiger partial charge on any atom is -0.497 e. The molecule has 2 heterocycles. The molecular weight excluding hydrogens is 480 g/mol. The summed E-state index contributed by atoms with van der Waals surface area (Å²) in [6.45, 7) is 1.75. The summed E-state index contributed by atoms with van der Waals surface area (Å²) in [6.07, 6.45) is 6.37. The fourth-order valence-corrected chi connectivity index (χ4v) is 4.28. The lowest BCUT2D eigenvalue weighted by Gasteiger charge is -2.26. The van der Waals surface area contributed by atoms with Gasteiger partial charge in [0.15, 0.2) is 0 Å². The van der Waals surface area contributed by atoms with Gasteiger partial charge in [0.05, 0.1) is 55.6 Å². The fraction of sp³-hybridized carbons (Fsp3) is 0.320. The molecule has 4 rings (SSSR count). The largest absolute Gasteiger partial charge is 0.497 e. The van der Waals surface area contributed by atoms with Gasteiger partial charge >= 0.3 is 0 Å². The lowest BCUT2D eigenvalue weighted by atomic mass is 10.2. The standard InChI is InChI=1S/C25H30N6O4S/c1-26-7-8-31(20-11-21(34-2)14-22(12-20)35-3)19-5-6-23-24(13-19)29-25(16-27-23)18-15-28-30(17-18)9-10-36(4,32)33/h5-6,11-17,26H,7-10H2,1-4H3. The van der Waals surface area contributed by atoms with E-state index >= 15 is 0 Å². The van der Waals surface area contributed by atoms with Crippen LogP contribution in [0.3, 0.4) is 0 Å². The van der Waals surface area contributed by atoms with Crippen molar-refractivity contribution >= 4 is 32.2 Å². The zero-order valence-corrected chi connectivity index (χ0v) is 21.6. The van der Waals surface area contributed by atoms with Crippen molar-refractivity contribution in [1.82, 2.24) is 25.1 Å². The number of nitrogens with one attached hydrogen (secondary N) is 1. The number of benzene rings is 2. The first-order valence-electron chi connectivity index (χ1n) is 11.4. The van der Waals surface area contributed by atoms with E-state index in [9.17, 15) is 8.42 Å². The van der Waals surface area contributed by atoms with Gasteiger partial charge in [-0.05, 0) is 25.2 Å². The smallest absolute Gasteiger partial charge is 0.149 e. The van der Waals surface area contributed by atoms with Crippen LogP contribution in [0.25, 0.3) is 22.3 Å². The number of aromatic nitrogens is 4. The molecular formula is C25H30N6O4S. The first kappa shape index (κ1) is 25.4. The van der Waals surface area contributed by atoms with Crippen LogP contribution in [-0.4, -0.2) is 74.5 Å². The second-order valence-electron chi connectivity index (χ2n) is 8.38. The van der Waals surface area contributed by atoms with Crippen molar-refractivity contribution in [1.29, 1.82) is 0 Å². The fourth-order valence-electron chi connectivity index (χ4n) is 3.76. The van der Waals surface area contributed by atoms with Crippen LogP contribution in [0.5, 0.6) is 11.5 Å². The maximum atomic E-state index is 11.5. The van der Waals surface area contributed by atoms with Crippen molar-refractivity contribution in [2.45, 2.75) is 6.54 Å². The van der Waals surface area contributed by atoms with Gasteiger partial charge < -0.3 is 19.7 Å². The molecule has 11 heteroatoms. The number of fused-ring (bicyclic) bond motifs is 1. The van der Waals surface area contributed by atoms with Crippen LogP contribution in [0.15, 0.2) is 55.0 Å². The topological polar surface area (TPSA) is 111 Å². The third kappa shape index (κ3) is 6.10. The molecule has 0 saturated carbocycles. The molecule has 10 nitrogen and oxygen atoms in total. The van der Waals surface area contributed by atoms with E-state index in [4.69, 9.17) is 14.5 Å². The number of hydrogen-bond donors (Lipinski definition) is 1. The average molecular weight is 511 g/mol. The Balaban J connectivity index is 1.69. The van der Waals surface area contributed by atoms with Gasteiger partial charge in [0.25, 0.3) is 0 Å². The van der Waals surface area contributed by atoms with Gasteiger partial charge in [0.2, 0.25) is 0 Å². The van der Waals surface area contributed by atoms with E-state index in [0.29, 0.717) is 23.7 Å². The highest BCUT2D eigenvalue weighted by Crippen LogP contribution is 2.34. The molecule has 0 aliphatic heterocycles. The third-order valence-electron chi connectivity index (χ3n) is 5.69. The number of sulfone groups is 1. The van der Waals surface area contributed by atoms with Gasteiger partial charge in [-0.1, -0.05) is 0 Å². The van der Waals surface area contributed by atoms with E-state index in [1.807, 2.05) is 43.4 Å². The summed E-state index contributed by atoms with van der Waals surface area (Å²) >= 11 is 0. The lowest BCUT2D eigenvalue weighted by molar-refractivity contribution is 0.394. The molecule has 0 radical (unpaired) electrons. The van der Waals surface area contributed by atoms with Gasteiger partial charge in [-0.2, -0.15) is 5.10 Å². The molecule has 0 atom stereocenters. The summed E-state index contributed by atoms with van der Waals surface area (Å²) in [5.74, 6) is 1.43. The average Bonchev–Trinajstić information content (AvgIpc) is 3.36. The summed E-state index contributed by atoms with van der Waals surface area (Å²) in [5, 5.41) is 7.48. The van der Waals surface area contributed by atoms with E-state index in [2.05, 4.69) is 20.3 Å². The third-order valence-corrected chi connectivity index (χ3v) is 6.62. The van der Waals surface area contributed by atoms with Crippen LogP contribution in [-0.2, 0) is 16.4 Å². The van der Waals surface area contributed by atoms with Crippen LogP contribution in [0.2, 0.25) is 0 Å². The molecule has 0 fully saturated rings. The molecule has 0 spiro atoms. The van der Waals surface area contributed by atoms with Gasteiger partial charge in [0, 0.05) is 60.7 Å². The van der Waals surface area contributed by atoms with Crippen molar-refractivity contribution in [2.24, 2.45) is 0 Å². The predicted molar refractivity (Wildman–Crippen MR) is 141 cm³/mol. The van der Waals surface area contributed by atoms with E-state index in [1.165, 1.54) is 6.26 Å². The van der Waals surface area contributed by atoms with Crippen LogP contribution in [0.1, 0.15) is 0 Å². The molecule has 190 valence electrons. The van der Waals surface area contributed by atoms with E-state index in [0.717, 1.165) is 34.5 Å². The Morgan fingerprint density at radius 1 is 1.00 bits per heavy atom. The Hall–Kier alpha value is -3.70. The lowest BCUT2D eigenvalue weighted by Crippen LogP contribution is -2.26. The molecule has 0 aliphatic carbocycles. The number of methoxy groups -OCH3 is 2. The number of hydrogen-bond acceptors (Lipinski definition) is 9. The van der Waals surface area contributed by atoms with Crippen LogP contribution < -0.4 is 19.7 Å². The summed E-state index contributed by atoms with van der Waals surface area (Å²) in [5.41, 5.74) is 4.81. The Morgan fingerprint density at radius 3 is 2.42 bits per heavy atom. The molecule has 1 N–H and O–H groups in total. The van der Waals surface area contributed by atoms with Crippen LogP contribution in [0.4, 0.5) is 11.4 Å². The van der Waals surface area contributed by atoms with Crippen molar-refractivity contribution in [3.63, 3.8) is 0 Å². The highest BCUT2D eigenvalue weighted by atomic mass is 32.2. The summed E-state index contributed by atoms with van der Waals surface area (Å²) in [7, 11) is 2.11. The second kappa shape index (κ2) is 10.9. The zero-order chi connectivity index (χ0) is 25.7. The van der Waals surface area contributed by atoms with E-state index in [1.54, 1.807) is 37.5 Å². The molecule has 0 unspecified atom stereocenters. The molecule has 0 aliphatic rings. The maximum Gasteiger partial charge on any atom is 0.149 e.